The Morgan fingerprint density at radius 1 is 0.939 bits per heavy atom. The zero-order valence-corrected chi connectivity index (χ0v) is 19.2. The molecule has 0 aliphatic carbocycles. The molecule has 0 aromatic heterocycles. The molecule has 33 heavy (non-hydrogen) atoms. The highest BCUT2D eigenvalue weighted by atomic mass is 16.2. The molecule has 8 nitrogen and oxygen atoms in total. The summed E-state index contributed by atoms with van der Waals surface area (Å²) in [6.07, 6.45) is 3.31. The van der Waals surface area contributed by atoms with Crippen LogP contribution in [0.25, 0.3) is 0 Å². The van der Waals surface area contributed by atoms with Gasteiger partial charge < -0.3 is 20.9 Å². The average molecular weight is 450 g/mol. The molecule has 1 atom stereocenters. The Bertz CT molecular complexity index is 1050. The molecule has 1 unspecified atom stereocenters. The van der Waals surface area contributed by atoms with Gasteiger partial charge in [0.2, 0.25) is 5.91 Å². The summed E-state index contributed by atoms with van der Waals surface area (Å²) in [4.78, 5) is 40.9. The van der Waals surface area contributed by atoms with Crippen molar-refractivity contribution in [2.24, 2.45) is 0 Å². The van der Waals surface area contributed by atoms with E-state index in [-0.39, 0.29) is 11.9 Å². The molecule has 2 aliphatic rings. The van der Waals surface area contributed by atoms with E-state index in [4.69, 9.17) is 0 Å². The first-order valence-corrected chi connectivity index (χ1v) is 11.5. The van der Waals surface area contributed by atoms with Gasteiger partial charge in [-0.3, -0.25) is 19.3 Å². The van der Waals surface area contributed by atoms with Gasteiger partial charge in [0.25, 0.3) is 0 Å². The van der Waals surface area contributed by atoms with Gasteiger partial charge in [0.15, 0.2) is 0 Å². The van der Waals surface area contributed by atoms with Crippen LogP contribution in [0.3, 0.4) is 0 Å². The van der Waals surface area contributed by atoms with Gasteiger partial charge in [-0.05, 0) is 67.7 Å². The highest BCUT2D eigenvalue weighted by molar-refractivity contribution is 6.39. The first-order valence-electron chi connectivity index (χ1n) is 11.5. The van der Waals surface area contributed by atoms with Crippen LogP contribution in [-0.2, 0) is 20.8 Å². The predicted molar refractivity (Wildman–Crippen MR) is 129 cm³/mol. The minimum atomic E-state index is -0.731. The normalized spacial score (nSPS) is 16.2. The van der Waals surface area contributed by atoms with Gasteiger partial charge >= 0.3 is 11.8 Å². The van der Waals surface area contributed by atoms with Crippen molar-refractivity contribution in [3.63, 3.8) is 0 Å². The molecule has 0 bridgehead atoms. The fraction of sp³-hybridized carbons (Fsp3) is 0.400. The summed E-state index contributed by atoms with van der Waals surface area (Å²) in [6, 6.07) is 13.3. The summed E-state index contributed by atoms with van der Waals surface area (Å²) in [5.74, 6) is -1.61. The molecule has 1 fully saturated rings. The molecule has 2 aromatic carbocycles. The van der Waals surface area contributed by atoms with Gasteiger partial charge in [0.1, 0.15) is 0 Å². The van der Waals surface area contributed by atoms with Gasteiger partial charge in [-0.1, -0.05) is 18.2 Å². The van der Waals surface area contributed by atoms with Crippen LogP contribution < -0.4 is 20.9 Å². The Labute approximate surface area is 194 Å². The molecule has 1 saturated heterocycles. The van der Waals surface area contributed by atoms with E-state index in [1.807, 2.05) is 0 Å². The lowest BCUT2D eigenvalue weighted by Gasteiger charge is -2.28. The SMILES string of the molecule is CC(=O)Nc1cccc(NC(=O)C(=O)NCC(c2ccc3c(c2)CCN3C)N2CCCC2)c1. The molecular weight excluding hydrogens is 418 g/mol. The van der Waals surface area contributed by atoms with Gasteiger partial charge in [-0.2, -0.15) is 0 Å². The number of hydrogen-bond acceptors (Lipinski definition) is 5. The van der Waals surface area contributed by atoms with Crippen molar-refractivity contribution >= 4 is 34.8 Å². The van der Waals surface area contributed by atoms with Crippen LogP contribution in [0.2, 0.25) is 0 Å². The third kappa shape index (κ3) is 5.51. The zero-order valence-electron chi connectivity index (χ0n) is 19.2. The Morgan fingerprint density at radius 2 is 1.67 bits per heavy atom. The monoisotopic (exact) mass is 449 g/mol. The van der Waals surface area contributed by atoms with Crippen LogP contribution in [0.4, 0.5) is 17.1 Å². The Hall–Kier alpha value is -3.39. The molecule has 2 heterocycles. The van der Waals surface area contributed by atoms with E-state index in [1.54, 1.807) is 24.3 Å². The summed E-state index contributed by atoms with van der Waals surface area (Å²) in [6.45, 7) is 4.77. The van der Waals surface area contributed by atoms with Crippen molar-refractivity contribution in [1.29, 1.82) is 0 Å². The highest BCUT2D eigenvalue weighted by Gasteiger charge is 2.27. The number of nitrogens with zero attached hydrogens (tertiary/aromatic N) is 2. The number of hydrogen-bond donors (Lipinski definition) is 3. The maximum atomic E-state index is 12.6. The molecule has 4 rings (SSSR count). The van der Waals surface area contributed by atoms with Crippen molar-refractivity contribution in [2.45, 2.75) is 32.2 Å². The van der Waals surface area contributed by atoms with Gasteiger partial charge in [0, 0.05) is 44.1 Å². The van der Waals surface area contributed by atoms with E-state index in [0.29, 0.717) is 17.9 Å². The molecule has 2 aromatic rings. The molecular formula is C25H31N5O3. The van der Waals surface area contributed by atoms with E-state index in [1.165, 1.54) is 23.7 Å². The number of amides is 3. The van der Waals surface area contributed by atoms with Gasteiger partial charge in [0.05, 0.1) is 6.04 Å². The fourth-order valence-electron chi connectivity index (χ4n) is 4.64. The first-order chi connectivity index (χ1) is 15.9. The van der Waals surface area contributed by atoms with E-state index in [0.717, 1.165) is 38.9 Å². The maximum absolute atomic E-state index is 12.6. The molecule has 2 aliphatic heterocycles. The van der Waals surface area contributed by atoms with Crippen LogP contribution in [-0.4, -0.2) is 55.8 Å². The number of carbonyl (C=O) groups excluding carboxylic acids is 3. The Kier molecular flexibility index (Phi) is 6.93. The molecule has 0 spiro atoms. The minimum Gasteiger partial charge on any atom is -0.374 e. The third-order valence-corrected chi connectivity index (χ3v) is 6.30. The van der Waals surface area contributed by atoms with Gasteiger partial charge in [-0.25, -0.2) is 0 Å². The number of benzene rings is 2. The quantitative estimate of drug-likeness (QED) is 0.590. The molecule has 0 saturated carbocycles. The van der Waals surface area contributed by atoms with Crippen molar-refractivity contribution in [2.75, 3.05) is 48.8 Å². The second-order valence-corrected chi connectivity index (χ2v) is 8.74. The van der Waals surface area contributed by atoms with Crippen LogP contribution in [0.5, 0.6) is 0 Å². The molecule has 8 heteroatoms. The van der Waals surface area contributed by atoms with Crippen LogP contribution in [0.1, 0.15) is 36.9 Å². The minimum absolute atomic E-state index is 0.0311. The standard InChI is InChI=1S/C25H31N5O3/c1-17(31)27-20-6-5-7-21(15-20)28-25(33)24(32)26-16-23(30-11-3-4-12-30)18-8-9-22-19(14-18)10-13-29(22)2/h5-9,14-15,23H,3-4,10-13,16H2,1-2H3,(H,26,32)(H,27,31)(H,28,33). The number of rotatable bonds is 6. The summed E-state index contributed by atoms with van der Waals surface area (Å²) < 4.78 is 0. The number of fused-ring (bicyclic) bond motifs is 1. The molecule has 3 amide bonds. The number of nitrogens with one attached hydrogen (secondary N) is 3. The van der Waals surface area contributed by atoms with Crippen LogP contribution in [0.15, 0.2) is 42.5 Å². The number of anilines is 3. The van der Waals surface area contributed by atoms with E-state index in [2.05, 4.69) is 51.0 Å². The average Bonchev–Trinajstić information content (AvgIpc) is 3.44. The first kappa shape index (κ1) is 22.8. The molecule has 0 radical (unpaired) electrons. The van der Waals surface area contributed by atoms with E-state index in [9.17, 15) is 14.4 Å². The summed E-state index contributed by atoms with van der Waals surface area (Å²) >= 11 is 0. The summed E-state index contributed by atoms with van der Waals surface area (Å²) in [7, 11) is 2.11. The highest BCUT2D eigenvalue weighted by Crippen LogP contribution is 2.32. The second kappa shape index (κ2) is 10.0. The summed E-state index contributed by atoms with van der Waals surface area (Å²) in [5, 5.41) is 8.09. The Morgan fingerprint density at radius 3 is 2.39 bits per heavy atom. The third-order valence-electron chi connectivity index (χ3n) is 6.30. The topological polar surface area (TPSA) is 93.8 Å². The lowest BCUT2D eigenvalue weighted by molar-refractivity contribution is -0.136. The van der Waals surface area contributed by atoms with E-state index >= 15 is 0 Å². The van der Waals surface area contributed by atoms with Crippen molar-refractivity contribution in [1.82, 2.24) is 10.2 Å². The lowest BCUT2D eigenvalue weighted by atomic mass is 10.0. The van der Waals surface area contributed by atoms with Crippen molar-refractivity contribution < 1.29 is 14.4 Å². The number of likely N-dealkylation sites (N-methyl/N-ethyl adjacent to an activating group) is 1. The molecule has 174 valence electrons. The Balaban J connectivity index is 1.41. The number of likely N-dealkylation sites (tertiary alicyclic amines) is 1. The van der Waals surface area contributed by atoms with Gasteiger partial charge in [-0.15, -0.1) is 0 Å². The molecule has 3 N–H and O–H groups in total. The van der Waals surface area contributed by atoms with Crippen LogP contribution >= 0.6 is 0 Å². The second-order valence-electron chi connectivity index (χ2n) is 8.74. The summed E-state index contributed by atoms with van der Waals surface area (Å²) in [5.41, 5.74) is 4.78. The van der Waals surface area contributed by atoms with E-state index < -0.39 is 11.8 Å². The lowest BCUT2D eigenvalue weighted by Crippen LogP contribution is -2.41. The van der Waals surface area contributed by atoms with Crippen molar-refractivity contribution in [3.05, 3.63) is 53.6 Å². The van der Waals surface area contributed by atoms with Crippen LogP contribution in [0, 0.1) is 0 Å². The smallest absolute Gasteiger partial charge is 0.313 e. The zero-order chi connectivity index (χ0) is 23.4. The maximum Gasteiger partial charge on any atom is 0.313 e. The fourth-order valence-corrected chi connectivity index (χ4v) is 4.64. The van der Waals surface area contributed by atoms with Crippen molar-refractivity contribution in [3.8, 4) is 0 Å². The predicted octanol–water partition coefficient (Wildman–Crippen LogP) is 2.53. The largest absolute Gasteiger partial charge is 0.374 e. The number of carbonyl (C=O) groups is 3.